The van der Waals surface area contributed by atoms with Gasteiger partial charge in [0.1, 0.15) is 5.75 Å². The van der Waals surface area contributed by atoms with Gasteiger partial charge in [0.2, 0.25) is 5.95 Å². The number of para-hydroxylation sites is 1. The minimum Gasteiger partial charge on any atom is -0.470 e. The number of likely N-dealkylation sites (tertiary alicyclic amines) is 1. The molecule has 2 aromatic rings. The molecule has 1 aromatic heterocycles. The fraction of sp³-hybridized carbons (Fsp3) is 0.375. The van der Waals surface area contributed by atoms with E-state index in [-0.39, 0.29) is 6.23 Å². The van der Waals surface area contributed by atoms with Gasteiger partial charge in [0.15, 0.2) is 6.23 Å². The molecule has 5 heteroatoms. The van der Waals surface area contributed by atoms with E-state index in [1.54, 1.807) is 0 Å². The van der Waals surface area contributed by atoms with Gasteiger partial charge >= 0.3 is 0 Å². The maximum atomic E-state index is 6.24. The quantitative estimate of drug-likeness (QED) is 0.871. The number of aromatic nitrogens is 2. The van der Waals surface area contributed by atoms with Crippen LogP contribution in [0.3, 0.4) is 0 Å². The summed E-state index contributed by atoms with van der Waals surface area (Å²) in [6, 6.07) is 7.99. The molecule has 0 amide bonds. The highest BCUT2D eigenvalue weighted by atomic mass is 16.5. The molecule has 4 rings (SSSR count). The Bertz CT molecular complexity index is 667. The Labute approximate surface area is 123 Å². The van der Waals surface area contributed by atoms with E-state index in [1.165, 1.54) is 19.3 Å². The molecule has 0 saturated carbocycles. The molecule has 1 unspecified atom stereocenters. The molecule has 2 aliphatic rings. The van der Waals surface area contributed by atoms with Gasteiger partial charge in [0.05, 0.1) is 11.3 Å². The third-order valence-corrected chi connectivity index (χ3v) is 4.20. The lowest BCUT2D eigenvalue weighted by molar-refractivity contribution is 0.00823. The zero-order valence-electron chi connectivity index (χ0n) is 11.8. The van der Waals surface area contributed by atoms with E-state index in [4.69, 9.17) is 10.5 Å². The van der Waals surface area contributed by atoms with Gasteiger partial charge in [-0.25, -0.2) is 9.97 Å². The summed E-state index contributed by atoms with van der Waals surface area (Å²) in [7, 11) is 0. The summed E-state index contributed by atoms with van der Waals surface area (Å²) >= 11 is 0. The Morgan fingerprint density at radius 1 is 1.14 bits per heavy atom. The number of rotatable bonds is 1. The molecule has 1 atom stereocenters. The first-order valence-electron chi connectivity index (χ1n) is 7.45. The van der Waals surface area contributed by atoms with Crippen LogP contribution in [0.1, 0.15) is 31.1 Å². The number of benzene rings is 1. The molecular formula is C16H18N4O. The van der Waals surface area contributed by atoms with E-state index in [0.717, 1.165) is 35.7 Å². The van der Waals surface area contributed by atoms with Gasteiger partial charge in [-0.1, -0.05) is 18.6 Å². The predicted molar refractivity (Wildman–Crippen MR) is 80.7 cm³/mol. The number of ether oxygens (including phenoxy) is 1. The largest absolute Gasteiger partial charge is 0.470 e. The van der Waals surface area contributed by atoms with E-state index in [1.807, 2.05) is 30.5 Å². The minimum absolute atomic E-state index is 0.101. The molecule has 0 bridgehead atoms. The first-order valence-corrected chi connectivity index (χ1v) is 7.45. The van der Waals surface area contributed by atoms with Crippen molar-refractivity contribution in [2.75, 3.05) is 18.8 Å². The van der Waals surface area contributed by atoms with Crippen molar-refractivity contribution in [3.05, 3.63) is 36.0 Å². The molecule has 108 valence electrons. The summed E-state index contributed by atoms with van der Waals surface area (Å²) in [5, 5.41) is 0. The highest BCUT2D eigenvalue weighted by molar-refractivity contribution is 5.72. The normalized spacial score (nSPS) is 21.2. The molecule has 0 radical (unpaired) electrons. The van der Waals surface area contributed by atoms with Crippen LogP contribution >= 0.6 is 0 Å². The van der Waals surface area contributed by atoms with Gasteiger partial charge in [-0.2, -0.15) is 0 Å². The number of hydrogen-bond acceptors (Lipinski definition) is 5. The number of piperidine rings is 1. The van der Waals surface area contributed by atoms with Gasteiger partial charge < -0.3 is 10.5 Å². The van der Waals surface area contributed by atoms with Crippen LogP contribution < -0.4 is 10.5 Å². The summed E-state index contributed by atoms with van der Waals surface area (Å²) in [5.74, 6) is 1.18. The van der Waals surface area contributed by atoms with Crippen molar-refractivity contribution < 1.29 is 4.74 Å². The zero-order valence-corrected chi connectivity index (χ0v) is 11.8. The highest BCUT2D eigenvalue weighted by Crippen LogP contribution is 2.42. The highest BCUT2D eigenvalue weighted by Gasteiger charge is 2.32. The van der Waals surface area contributed by atoms with Crippen molar-refractivity contribution in [3.63, 3.8) is 0 Å². The van der Waals surface area contributed by atoms with Crippen LogP contribution in [0, 0.1) is 0 Å². The molecule has 1 fully saturated rings. The number of nitrogens with two attached hydrogens (primary N) is 1. The van der Waals surface area contributed by atoms with E-state index in [0.29, 0.717) is 5.95 Å². The fourth-order valence-corrected chi connectivity index (χ4v) is 3.17. The molecule has 0 spiro atoms. The molecule has 0 aliphatic carbocycles. The smallest absolute Gasteiger partial charge is 0.220 e. The molecule has 1 aromatic carbocycles. The number of nitrogen functional groups attached to an aromatic ring is 1. The van der Waals surface area contributed by atoms with Crippen LogP contribution in [0.4, 0.5) is 5.95 Å². The van der Waals surface area contributed by atoms with Crippen LogP contribution in [0.15, 0.2) is 30.5 Å². The van der Waals surface area contributed by atoms with Crippen molar-refractivity contribution in [1.29, 1.82) is 0 Å². The van der Waals surface area contributed by atoms with Crippen molar-refractivity contribution in [2.45, 2.75) is 25.5 Å². The summed E-state index contributed by atoms with van der Waals surface area (Å²) in [4.78, 5) is 11.0. The first kappa shape index (κ1) is 12.6. The third-order valence-electron chi connectivity index (χ3n) is 4.20. The lowest BCUT2D eigenvalue weighted by Gasteiger charge is -2.37. The van der Waals surface area contributed by atoms with Crippen molar-refractivity contribution in [2.24, 2.45) is 0 Å². The molecule has 3 heterocycles. The van der Waals surface area contributed by atoms with E-state index in [9.17, 15) is 0 Å². The summed E-state index contributed by atoms with van der Waals surface area (Å²) in [6.45, 7) is 2.10. The standard InChI is InChI=1S/C16H18N4O/c17-16-18-10-12-14(19-16)11-6-2-3-7-13(11)21-15(12)20-8-4-1-5-9-20/h2-3,6-7,10,15H,1,4-5,8-9H2,(H2,17,18,19). The third kappa shape index (κ3) is 2.14. The maximum Gasteiger partial charge on any atom is 0.220 e. The second-order valence-electron chi connectivity index (χ2n) is 5.60. The van der Waals surface area contributed by atoms with Crippen LogP contribution in [0.25, 0.3) is 11.3 Å². The molecule has 1 saturated heterocycles. The Morgan fingerprint density at radius 3 is 2.81 bits per heavy atom. The second-order valence-corrected chi connectivity index (χ2v) is 5.60. The Balaban J connectivity index is 1.82. The molecule has 21 heavy (non-hydrogen) atoms. The predicted octanol–water partition coefficient (Wildman–Crippen LogP) is 2.60. The van der Waals surface area contributed by atoms with Crippen molar-refractivity contribution in [3.8, 4) is 17.0 Å². The maximum absolute atomic E-state index is 6.24. The van der Waals surface area contributed by atoms with Gasteiger partial charge in [-0.15, -0.1) is 0 Å². The number of nitrogens with zero attached hydrogens (tertiary/aromatic N) is 3. The van der Waals surface area contributed by atoms with Gasteiger partial charge in [-0.3, -0.25) is 4.90 Å². The van der Waals surface area contributed by atoms with Crippen LogP contribution in [0.5, 0.6) is 5.75 Å². The van der Waals surface area contributed by atoms with Crippen LogP contribution in [-0.4, -0.2) is 28.0 Å². The lowest BCUT2D eigenvalue weighted by Crippen LogP contribution is -2.38. The van der Waals surface area contributed by atoms with E-state index < -0.39 is 0 Å². The fourth-order valence-electron chi connectivity index (χ4n) is 3.17. The number of anilines is 1. The first-order chi connectivity index (χ1) is 10.3. The Hall–Kier alpha value is -2.14. The SMILES string of the molecule is Nc1ncc2c(n1)-c1ccccc1OC2N1CCCCC1. The number of hydrogen-bond donors (Lipinski definition) is 1. The lowest BCUT2D eigenvalue weighted by atomic mass is 10.0. The van der Waals surface area contributed by atoms with Gasteiger partial charge in [0, 0.05) is 24.8 Å². The molecule has 2 N–H and O–H groups in total. The van der Waals surface area contributed by atoms with Gasteiger partial charge in [0.25, 0.3) is 0 Å². The molecule has 2 aliphatic heterocycles. The zero-order chi connectivity index (χ0) is 14.2. The van der Waals surface area contributed by atoms with Gasteiger partial charge in [-0.05, 0) is 25.0 Å². The van der Waals surface area contributed by atoms with E-state index >= 15 is 0 Å². The van der Waals surface area contributed by atoms with Crippen molar-refractivity contribution >= 4 is 5.95 Å². The number of fused-ring (bicyclic) bond motifs is 3. The monoisotopic (exact) mass is 282 g/mol. The average molecular weight is 282 g/mol. The van der Waals surface area contributed by atoms with E-state index in [2.05, 4.69) is 14.9 Å². The molecular weight excluding hydrogens is 264 g/mol. The Morgan fingerprint density at radius 2 is 1.95 bits per heavy atom. The van der Waals surface area contributed by atoms with Crippen LogP contribution in [-0.2, 0) is 0 Å². The topological polar surface area (TPSA) is 64.3 Å². The summed E-state index contributed by atoms with van der Waals surface area (Å²) < 4.78 is 6.24. The Kier molecular flexibility index (Phi) is 3.00. The van der Waals surface area contributed by atoms with Crippen molar-refractivity contribution in [1.82, 2.24) is 14.9 Å². The van der Waals surface area contributed by atoms with Crippen LogP contribution in [0.2, 0.25) is 0 Å². The molecule has 5 nitrogen and oxygen atoms in total. The average Bonchev–Trinajstić information content (AvgIpc) is 2.55. The summed E-state index contributed by atoms with van der Waals surface area (Å²) in [5.41, 5.74) is 8.70. The minimum atomic E-state index is -0.101. The summed E-state index contributed by atoms with van der Waals surface area (Å²) in [6.07, 6.45) is 5.44. The second kappa shape index (κ2) is 5.00.